The predicted octanol–water partition coefficient (Wildman–Crippen LogP) is 3.38. The van der Waals surface area contributed by atoms with Crippen LogP contribution in [-0.4, -0.2) is 17.3 Å². The molecule has 0 aliphatic carbocycles. The first-order valence-corrected chi connectivity index (χ1v) is 5.70. The smallest absolute Gasteiger partial charge is 0.122 e. The van der Waals surface area contributed by atoms with E-state index >= 15 is 0 Å². The van der Waals surface area contributed by atoms with E-state index in [0.29, 0.717) is 0 Å². The highest BCUT2D eigenvalue weighted by atomic mass is 16.5. The van der Waals surface area contributed by atoms with Crippen LogP contribution < -0.4 is 4.74 Å². The number of H-pyrrole nitrogens is 1. The molecule has 3 heteroatoms. The number of nitrogens with one attached hydrogen (secondary N) is 1. The first-order valence-electron chi connectivity index (χ1n) is 5.70. The monoisotopic (exact) mass is 230 g/mol. The average Bonchev–Trinajstić information content (AvgIpc) is 2.80. The first-order chi connectivity index (χ1) is 8.02. The van der Waals surface area contributed by atoms with Crippen molar-refractivity contribution >= 4 is 0 Å². The highest BCUT2D eigenvalue weighted by Gasteiger charge is 2.19. The molecule has 0 atom stereocenters. The number of rotatable bonds is 2. The molecule has 17 heavy (non-hydrogen) atoms. The standard InChI is InChI=1S/C14H18N2O/c1-14(2,3)11-9-10(5-6-13(11)17-4)12-7-8-15-16-12/h5-9H,1-4H3,(H,15,16). The third-order valence-corrected chi connectivity index (χ3v) is 2.82. The molecule has 0 spiro atoms. The molecule has 90 valence electrons. The van der Waals surface area contributed by atoms with Gasteiger partial charge in [-0.1, -0.05) is 20.8 Å². The fourth-order valence-corrected chi connectivity index (χ4v) is 1.88. The van der Waals surface area contributed by atoms with Crippen LogP contribution in [0, 0.1) is 0 Å². The van der Waals surface area contributed by atoms with E-state index < -0.39 is 0 Å². The van der Waals surface area contributed by atoms with Crippen LogP contribution in [0.3, 0.4) is 0 Å². The molecule has 1 aromatic heterocycles. The Hall–Kier alpha value is -1.77. The van der Waals surface area contributed by atoms with Crippen molar-refractivity contribution in [1.29, 1.82) is 0 Å². The minimum Gasteiger partial charge on any atom is -0.496 e. The Morgan fingerprint density at radius 1 is 1.18 bits per heavy atom. The van der Waals surface area contributed by atoms with E-state index in [2.05, 4.69) is 37.0 Å². The minimum absolute atomic E-state index is 0.0569. The van der Waals surface area contributed by atoms with Crippen LogP contribution in [0.25, 0.3) is 11.3 Å². The number of hydrogen-bond acceptors (Lipinski definition) is 2. The topological polar surface area (TPSA) is 37.9 Å². The first kappa shape index (κ1) is 11.7. The molecule has 1 heterocycles. The molecule has 1 aromatic carbocycles. The van der Waals surface area contributed by atoms with Gasteiger partial charge < -0.3 is 4.74 Å². The van der Waals surface area contributed by atoms with Crippen molar-refractivity contribution in [3.8, 4) is 17.0 Å². The zero-order valence-electron chi connectivity index (χ0n) is 10.7. The van der Waals surface area contributed by atoms with Crippen molar-refractivity contribution in [2.24, 2.45) is 0 Å². The number of aromatic nitrogens is 2. The lowest BCUT2D eigenvalue weighted by Gasteiger charge is -2.22. The normalized spacial score (nSPS) is 11.5. The molecule has 0 saturated heterocycles. The molecule has 0 saturated carbocycles. The lowest BCUT2D eigenvalue weighted by molar-refractivity contribution is 0.397. The second-order valence-corrected chi connectivity index (χ2v) is 5.14. The summed E-state index contributed by atoms with van der Waals surface area (Å²) in [6, 6.07) is 8.18. The summed E-state index contributed by atoms with van der Waals surface area (Å²) in [6.07, 6.45) is 1.76. The van der Waals surface area contributed by atoms with Gasteiger partial charge in [0.25, 0.3) is 0 Å². The fourth-order valence-electron chi connectivity index (χ4n) is 1.88. The number of benzene rings is 1. The molecule has 1 N–H and O–H groups in total. The quantitative estimate of drug-likeness (QED) is 0.858. The lowest BCUT2D eigenvalue weighted by atomic mass is 9.85. The van der Waals surface area contributed by atoms with Crippen molar-refractivity contribution in [2.45, 2.75) is 26.2 Å². The second-order valence-electron chi connectivity index (χ2n) is 5.14. The lowest BCUT2D eigenvalue weighted by Crippen LogP contribution is -2.12. The molecule has 0 unspecified atom stereocenters. The second kappa shape index (κ2) is 4.24. The maximum absolute atomic E-state index is 5.42. The van der Waals surface area contributed by atoms with Crippen LogP contribution in [0.2, 0.25) is 0 Å². The number of methoxy groups -OCH3 is 1. The van der Waals surface area contributed by atoms with Gasteiger partial charge in [0.1, 0.15) is 5.75 Å². The zero-order chi connectivity index (χ0) is 12.5. The Bertz CT molecular complexity index is 495. The summed E-state index contributed by atoms with van der Waals surface area (Å²) >= 11 is 0. The van der Waals surface area contributed by atoms with Gasteiger partial charge in [-0.05, 0) is 29.7 Å². The molecular weight excluding hydrogens is 212 g/mol. The van der Waals surface area contributed by atoms with Gasteiger partial charge in [-0.3, -0.25) is 5.10 Å². The van der Waals surface area contributed by atoms with E-state index in [1.165, 1.54) is 5.56 Å². The van der Waals surface area contributed by atoms with Gasteiger partial charge in [0.2, 0.25) is 0 Å². The molecule has 2 aromatic rings. The van der Waals surface area contributed by atoms with Gasteiger partial charge >= 0.3 is 0 Å². The minimum atomic E-state index is 0.0569. The Balaban J connectivity index is 2.53. The zero-order valence-corrected chi connectivity index (χ0v) is 10.7. The predicted molar refractivity (Wildman–Crippen MR) is 69.3 cm³/mol. The summed E-state index contributed by atoms with van der Waals surface area (Å²) in [5.74, 6) is 0.931. The molecule has 0 aliphatic heterocycles. The Morgan fingerprint density at radius 3 is 2.47 bits per heavy atom. The molecular formula is C14H18N2O. The summed E-state index contributed by atoms with van der Waals surface area (Å²) in [6.45, 7) is 6.55. The van der Waals surface area contributed by atoms with Crippen molar-refractivity contribution in [2.75, 3.05) is 7.11 Å². The van der Waals surface area contributed by atoms with Crippen LogP contribution in [-0.2, 0) is 5.41 Å². The highest BCUT2D eigenvalue weighted by Crippen LogP contribution is 2.34. The van der Waals surface area contributed by atoms with Crippen molar-refractivity contribution in [3.05, 3.63) is 36.0 Å². The van der Waals surface area contributed by atoms with Crippen LogP contribution >= 0.6 is 0 Å². The van der Waals surface area contributed by atoms with E-state index in [-0.39, 0.29) is 5.41 Å². The largest absolute Gasteiger partial charge is 0.496 e. The van der Waals surface area contributed by atoms with Gasteiger partial charge in [-0.25, -0.2) is 0 Å². The Morgan fingerprint density at radius 2 is 1.94 bits per heavy atom. The van der Waals surface area contributed by atoms with Gasteiger partial charge in [0.05, 0.1) is 12.8 Å². The van der Waals surface area contributed by atoms with Crippen LogP contribution in [0.1, 0.15) is 26.3 Å². The molecule has 3 nitrogen and oxygen atoms in total. The molecule has 0 fully saturated rings. The van der Waals surface area contributed by atoms with Crippen molar-refractivity contribution < 1.29 is 4.74 Å². The summed E-state index contributed by atoms with van der Waals surface area (Å²) in [5.41, 5.74) is 3.42. The average molecular weight is 230 g/mol. The van der Waals surface area contributed by atoms with Gasteiger partial charge in [-0.15, -0.1) is 0 Å². The van der Waals surface area contributed by atoms with E-state index in [1.807, 2.05) is 18.2 Å². The van der Waals surface area contributed by atoms with Crippen LogP contribution in [0.15, 0.2) is 30.5 Å². The number of nitrogens with zero attached hydrogens (tertiary/aromatic N) is 1. The molecule has 0 bridgehead atoms. The summed E-state index contributed by atoms with van der Waals surface area (Å²) in [7, 11) is 1.71. The number of hydrogen-bond donors (Lipinski definition) is 1. The van der Waals surface area contributed by atoms with Gasteiger partial charge in [0.15, 0.2) is 0 Å². The highest BCUT2D eigenvalue weighted by molar-refractivity contribution is 5.62. The van der Waals surface area contributed by atoms with Crippen molar-refractivity contribution in [1.82, 2.24) is 10.2 Å². The van der Waals surface area contributed by atoms with Crippen molar-refractivity contribution in [3.63, 3.8) is 0 Å². The number of aromatic amines is 1. The van der Waals surface area contributed by atoms with Crippen LogP contribution in [0.4, 0.5) is 0 Å². The van der Waals surface area contributed by atoms with Gasteiger partial charge in [-0.2, -0.15) is 5.10 Å². The Labute approximate surface area is 102 Å². The third kappa shape index (κ3) is 2.33. The van der Waals surface area contributed by atoms with Gasteiger partial charge in [0, 0.05) is 17.3 Å². The van der Waals surface area contributed by atoms with E-state index in [1.54, 1.807) is 13.3 Å². The van der Waals surface area contributed by atoms with E-state index in [0.717, 1.165) is 17.0 Å². The Kier molecular flexibility index (Phi) is 2.92. The maximum Gasteiger partial charge on any atom is 0.122 e. The summed E-state index contributed by atoms with van der Waals surface area (Å²) < 4.78 is 5.42. The van der Waals surface area contributed by atoms with E-state index in [4.69, 9.17) is 4.74 Å². The maximum atomic E-state index is 5.42. The molecule has 2 rings (SSSR count). The number of ether oxygens (including phenoxy) is 1. The van der Waals surface area contributed by atoms with E-state index in [9.17, 15) is 0 Å². The molecule has 0 radical (unpaired) electrons. The van der Waals surface area contributed by atoms with Crippen LogP contribution in [0.5, 0.6) is 5.75 Å². The molecule has 0 aliphatic rings. The third-order valence-electron chi connectivity index (χ3n) is 2.82. The summed E-state index contributed by atoms with van der Waals surface area (Å²) in [5, 5.41) is 6.96. The fraction of sp³-hybridized carbons (Fsp3) is 0.357. The molecule has 0 amide bonds. The SMILES string of the molecule is COc1ccc(-c2ccn[nH]2)cc1C(C)(C)C. The summed E-state index contributed by atoms with van der Waals surface area (Å²) in [4.78, 5) is 0.